The topological polar surface area (TPSA) is 45.2 Å². The number of halogens is 1. The van der Waals surface area contributed by atoms with Crippen molar-refractivity contribution < 1.29 is 9.18 Å². The zero-order valence-corrected chi connectivity index (χ0v) is 12.3. The Bertz CT molecular complexity index is 482. The van der Waals surface area contributed by atoms with Crippen LogP contribution in [0, 0.1) is 5.82 Å². The van der Waals surface area contributed by atoms with Crippen molar-refractivity contribution in [3.8, 4) is 0 Å². The number of nitrogens with one attached hydrogen (secondary N) is 1. The largest absolute Gasteiger partial charge is 0.345 e. The fourth-order valence-electron chi connectivity index (χ4n) is 2.54. The van der Waals surface area contributed by atoms with Gasteiger partial charge in [0.2, 0.25) is 0 Å². The fraction of sp³-hybridized carbons (Fsp3) is 0.600. The van der Waals surface area contributed by atoms with Crippen LogP contribution >= 0.6 is 0 Å². The Morgan fingerprint density at radius 2 is 2.10 bits per heavy atom. The number of hydrogen-bond acceptors (Lipinski definition) is 3. The molecule has 0 radical (unpaired) electrons. The summed E-state index contributed by atoms with van der Waals surface area (Å²) < 4.78 is 13.6. The molecule has 1 aliphatic rings. The highest BCUT2D eigenvalue weighted by molar-refractivity contribution is 5.93. The van der Waals surface area contributed by atoms with Crippen molar-refractivity contribution in [3.05, 3.63) is 29.8 Å². The van der Waals surface area contributed by atoms with E-state index in [0.29, 0.717) is 6.04 Å². The highest BCUT2D eigenvalue weighted by Crippen LogP contribution is 2.23. The zero-order valence-electron chi connectivity index (χ0n) is 12.3. The molecule has 110 valence electrons. The maximum atomic E-state index is 13.6. The minimum absolute atomic E-state index is 0.125. The smallest absolute Gasteiger partial charge is 0.273 e. The average molecular weight is 279 g/mol. The standard InChI is InChI=1S/C15H22FN3O/c1-11(2)19-9-6-15(3,7-10-19)18-14(20)13-12(16)5-4-8-17-13/h4-5,8,11H,6-7,9-10H2,1-3H3,(H,18,20). The van der Waals surface area contributed by atoms with Crippen LogP contribution in [0.3, 0.4) is 0 Å². The van der Waals surface area contributed by atoms with Gasteiger partial charge >= 0.3 is 0 Å². The summed E-state index contributed by atoms with van der Waals surface area (Å²) in [7, 11) is 0. The van der Waals surface area contributed by atoms with Gasteiger partial charge < -0.3 is 10.2 Å². The number of likely N-dealkylation sites (tertiary alicyclic amines) is 1. The van der Waals surface area contributed by atoms with Crippen molar-refractivity contribution in [3.63, 3.8) is 0 Å². The normalized spacial score (nSPS) is 19.1. The van der Waals surface area contributed by atoms with Crippen molar-refractivity contribution in [2.45, 2.75) is 45.2 Å². The van der Waals surface area contributed by atoms with E-state index in [1.165, 1.54) is 18.3 Å². The van der Waals surface area contributed by atoms with Crippen LogP contribution in [0.15, 0.2) is 18.3 Å². The number of nitrogens with zero attached hydrogens (tertiary/aromatic N) is 2. The van der Waals surface area contributed by atoms with E-state index in [4.69, 9.17) is 0 Å². The highest BCUT2D eigenvalue weighted by Gasteiger charge is 2.33. The van der Waals surface area contributed by atoms with Gasteiger partial charge in [-0.1, -0.05) is 0 Å². The van der Waals surface area contributed by atoms with Gasteiger partial charge in [-0.15, -0.1) is 0 Å². The molecule has 0 spiro atoms. The maximum Gasteiger partial charge on any atom is 0.273 e. The molecule has 1 amide bonds. The van der Waals surface area contributed by atoms with Crippen LogP contribution in [0.25, 0.3) is 0 Å². The second kappa shape index (κ2) is 5.87. The molecular weight excluding hydrogens is 257 g/mol. The Balaban J connectivity index is 2.00. The minimum atomic E-state index is -0.576. The van der Waals surface area contributed by atoms with E-state index in [0.717, 1.165) is 25.9 Å². The molecule has 1 N–H and O–H groups in total. The van der Waals surface area contributed by atoms with E-state index in [-0.39, 0.29) is 11.2 Å². The number of amides is 1. The quantitative estimate of drug-likeness (QED) is 0.922. The van der Waals surface area contributed by atoms with Crippen molar-refractivity contribution >= 4 is 5.91 Å². The molecule has 0 aliphatic carbocycles. The molecule has 1 aromatic heterocycles. The Labute approximate surface area is 119 Å². The lowest BCUT2D eigenvalue weighted by atomic mass is 9.89. The predicted octanol–water partition coefficient (Wildman–Crippen LogP) is 2.21. The van der Waals surface area contributed by atoms with Gasteiger partial charge in [0.05, 0.1) is 0 Å². The number of carbonyl (C=O) groups is 1. The van der Waals surface area contributed by atoms with E-state index >= 15 is 0 Å². The summed E-state index contributed by atoms with van der Waals surface area (Å²) in [6.07, 6.45) is 3.17. The first-order valence-corrected chi connectivity index (χ1v) is 7.08. The Kier molecular flexibility index (Phi) is 4.38. The molecule has 1 fully saturated rings. The summed E-state index contributed by atoms with van der Waals surface area (Å²) in [6.45, 7) is 8.25. The molecule has 0 bridgehead atoms. The molecule has 1 aromatic rings. The lowest BCUT2D eigenvalue weighted by Gasteiger charge is -2.41. The Hall–Kier alpha value is -1.49. The molecular formula is C15H22FN3O. The van der Waals surface area contributed by atoms with Crippen LogP contribution in [0.2, 0.25) is 0 Å². The van der Waals surface area contributed by atoms with Gasteiger partial charge in [0.15, 0.2) is 11.5 Å². The van der Waals surface area contributed by atoms with Crippen molar-refractivity contribution in [2.75, 3.05) is 13.1 Å². The van der Waals surface area contributed by atoms with Crippen molar-refractivity contribution in [1.82, 2.24) is 15.2 Å². The number of carbonyl (C=O) groups excluding carboxylic acids is 1. The highest BCUT2D eigenvalue weighted by atomic mass is 19.1. The van der Waals surface area contributed by atoms with E-state index < -0.39 is 11.7 Å². The summed E-state index contributed by atoms with van der Waals surface area (Å²) in [5.74, 6) is -1.00. The Morgan fingerprint density at radius 1 is 1.45 bits per heavy atom. The van der Waals surface area contributed by atoms with Gasteiger partial charge in [-0.3, -0.25) is 4.79 Å². The second-order valence-electron chi connectivity index (χ2n) is 5.98. The van der Waals surface area contributed by atoms with Crippen LogP contribution < -0.4 is 5.32 Å². The SMILES string of the molecule is CC(C)N1CCC(C)(NC(=O)c2ncccc2F)CC1. The number of aromatic nitrogens is 1. The third kappa shape index (κ3) is 3.33. The van der Waals surface area contributed by atoms with Gasteiger partial charge in [0, 0.05) is 30.9 Å². The van der Waals surface area contributed by atoms with Gasteiger partial charge in [-0.25, -0.2) is 9.37 Å². The molecule has 5 heteroatoms. The van der Waals surface area contributed by atoms with Crippen LogP contribution in [0.4, 0.5) is 4.39 Å². The summed E-state index contributed by atoms with van der Waals surface area (Å²) in [5, 5.41) is 2.94. The van der Waals surface area contributed by atoms with Crippen molar-refractivity contribution in [2.24, 2.45) is 0 Å². The third-order valence-corrected chi connectivity index (χ3v) is 4.02. The van der Waals surface area contributed by atoms with E-state index in [1.807, 2.05) is 6.92 Å². The number of hydrogen-bond donors (Lipinski definition) is 1. The van der Waals surface area contributed by atoms with E-state index in [9.17, 15) is 9.18 Å². The maximum absolute atomic E-state index is 13.6. The second-order valence-corrected chi connectivity index (χ2v) is 5.98. The molecule has 0 atom stereocenters. The molecule has 0 saturated carbocycles. The molecule has 0 unspecified atom stereocenters. The van der Waals surface area contributed by atoms with Crippen LogP contribution in [0.1, 0.15) is 44.1 Å². The van der Waals surface area contributed by atoms with Crippen LogP contribution in [0.5, 0.6) is 0 Å². The average Bonchev–Trinajstić information content (AvgIpc) is 2.39. The van der Waals surface area contributed by atoms with Gasteiger partial charge in [-0.2, -0.15) is 0 Å². The fourth-order valence-corrected chi connectivity index (χ4v) is 2.54. The summed E-state index contributed by atoms with van der Waals surface area (Å²) in [4.78, 5) is 18.3. The number of rotatable bonds is 3. The Morgan fingerprint density at radius 3 is 2.65 bits per heavy atom. The molecule has 2 heterocycles. The summed E-state index contributed by atoms with van der Waals surface area (Å²) in [6, 6.07) is 3.25. The molecule has 0 aromatic carbocycles. The lowest BCUT2D eigenvalue weighted by molar-refractivity contribution is 0.0793. The summed E-state index contributed by atoms with van der Waals surface area (Å²) >= 11 is 0. The van der Waals surface area contributed by atoms with Crippen molar-refractivity contribution in [1.29, 1.82) is 0 Å². The van der Waals surface area contributed by atoms with Gasteiger partial charge in [-0.05, 0) is 45.7 Å². The number of piperidine rings is 1. The molecule has 1 saturated heterocycles. The first-order chi connectivity index (χ1) is 9.41. The monoisotopic (exact) mass is 279 g/mol. The first kappa shape index (κ1) is 14.9. The zero-order chi connectivity index (χ0) is 14.8. The minimum Gasteiger partial charge on any atom is -0.345 e. The molecule has 1 aliphatic heterocycles. The van der Waals surface area contributed by atoms with E-state index in [2.05, 4.69) is 29.0 Å². The molecule has 4 nitrogen and oxygen atoms in total. The molecule has 20 heavy (non-hydrogen) atoms. The van der Waals surface area contributed by atoms with E-state index in [1.54, 1.807) is 0 Å². The predicted molar refractivity (Wildman–Crippen MR) is 76.0 cm³/mol. The number of pyridine rings is 1. The van der Waals surface area contributed by atoms with Gasteiger partial charge in [0.25, 0.3) is 5.91 Å². The van der Waals surface area contributed by atoms with Crippen LogP contribution in [-0.4, -0.2) is 40.5 Å². The molecule has 2 rings (SSSR count). The third-order valence-electron chi connectivity index (χ3n) is 4.02. The summed E-state index contributed by atoms with van der Waals surface area (Å²) in [5.41, 5.74) is -0.410. The van der Waals surface area contributed by atoms with Crippen LogP contribution in [-0.2, 0) is 0 Å². The lowest BCUT2D eigenvalue weighted by Crippen LogP contribution is -2.54. The first-order valence-electron chi connectivity index (χ1n) is 7.08. The van der Waals surface area contributed by atoms with Gasteiger partial charge in [0.1, 0.15) is 0 Å².